The second-order valence-corrected chi connectivity index (χ2v) is 7.65. The van der Waals surface area contributed by atoms with Crippen molar-refractivity contribution in [2.75, 3.05) is 26.2 Å². The Hall–Kier alpha value is -3.35. The van der Waals surface area contributed by atoms with Gasteiger partial charge in [0.25, 0.3) is 11.8 Å². The molecule has 0 aromatic heterocycles. The molecule has 2 N–H and O–H groups in total. The Labute approximate surface area is 182 Å². The minimum atomic E-state index is -0.197. The summed E-state index contributed by atoms with van der Waals surface area (Å²) in [5.74, 6) is 1.29. The Morgan fingerprint density at radius 1 is 1.06 bits per heavy atom. The van der Waals surface area contributed by atoms with Gasteiger partial charge in [-0.3, -0.25) is 19.5 Å². The van der Waals surface area contributed by atoms with Crippen molar-refractivity contribution in [3.8, 4) is 5.75 Å². The van der Waals surface area contributed by atoms with Crippen LogP contribution in [0.25, 0.3) is 0 Å². The number of amides is 2. The normalized spacial score (nSPS) is 17.8. The van der Waals surface area contributed by atoms with Crippen molar-refractivity contribution in [3.63, 3.8) is 0 Å². The molecule has 7 heteroatoms. The predicted octanol–water partition coefficient (Wildman–Crippen LogP) is 3.14. The fourth-order valence-electron chi connectivity index (χ4n) is 3.99. The molecule has 0 spiro atoms. The van der Waals surface area contributed by atoms with Crippen LogP contribution in [0.1, 0.15) is 58.5 Å². The van der Waals surface area contributed by atoms with Gasteiger partial charge in [-0.15, -0.1) is 0 Å². The van der Waals surface area contributed by atoms with E-state index >= 15 is 0 Å². The maximum atomic E-state index is 12.4. The van der Waals surface area contributed by atoms with Gasteiger partial charge in [0, 0.05) is 31.6 Å². The summed E-state index contributed by atoms with van der Waals surface area (Å²) in [6.45, 7) is 4.51. The standard InChI is InChI=1S/C24H28N4O3/c1-2-25-24(27-20-13-16-31-21-12-6-5-11-19(20)21)26-14-7-8-15-28-22(29)17-9-3-4-10-18(17)23(28)30/h3-6,9-12,20H,2,7-8,13-16H2,1H3,(H2,25,26,27). The van der Waals surface area contributed by atoms with E-state index in [2.05, 4.69) is 21.7 Å². The molecule has 2 aromatic carbocycles. The minimum Gasteiger partial charge on any atom is -0.493 e. The van der Waals surface area contributed by atoms with Crippen LogP contribution < -0.4 is 15.4 Å². The molecule has 4 rings (SSSR count). The highest BCUT2D eigenvalue weighted by Crippen LogP contribution is 2.31. The van der Waals surface area contributed by atoms with Crippen molar-refractivity contribution in [1.29, 1.82) is 0 Å². The first-order chi connectivity index (χ1) is 15.2. The Bertz CT molecular complexity index is 953. The first-order valence-electron chi connectivity index (χ1n) is 10.9. The Kier molecular flexibility index (Phi) is 6.50. The number of imide groups is 1. The van der Waals surface area contributed by atoms with E-state index in [-0.39, 0.29) is 17.9 Å². The number of fused-ring (bicyclic) bond motifs is 2. The average Bonchev–Trinajstić information content (AvgIpc) is 3.04. The second kappa shape index (κ2) is 9.64. The van der Waals surface area contributed by atoms with Crippen molar-refractivity contribution < 1.29 is 14.3 Å². The molecule has 0 fully saturated rings. The van der Waals surface area contributed by atoms with Crippen LogP contribution in [0.15, 0.2) is 53.5 Å². The largest absolute Gasteiger partial charge is 0.493 e. The summed E-state index contributed by atoms with van der Waals surface area (Å²) in [4.78, 5) is 30.9. The number of benzene rings is 2. The lowest BCUT2D eigenvalue weighted by Crippen LogP contribution is -2.41. The van der Waals surface area contributed by atoms with E-state index < -0.39 is 0 Å². The van der Waals surface area contributed by atoms with Crippen LogP contribution in [0.5, 0.6) is 5.75 Å². The van der Waals surface area contributed by atoms with Crippen LogP contribution in [-0.2, 0) is 0 Å². The Morgan fingerprint density at radius 2 is 1.77 bits per heavy atom. The first kappa shape index (κ1) is 20.9. The predicted molar refractivity (Wildman–Crippen MR) is 119 cm³/mol. The zero-order valence-corrected chi connectivity index (χ0v) is 17.8. The SMILES string of the molecule is CCNC(=NCCCCN1C(=O)c2ccccc2C1=O)NC1CCOc2ccccc21. The van der Waals surface area contributed by atoms with Crippen LogP contribution >= 0.6 is 0 Å². The molecule has 2 aliphatic rings. The first-order valence-corrected chi connectivity index (χ1v) is 10.9. The minimum absolute atomic E-state index is 0.154. The van der Waals surface area contributed by atoms with Gasteiger partial charge in [0.05, 0.1) is 23.8 Å². The number of rotatable bonds is 7. The number of unbranched alkanes of at least 4 members (excludes halogenated alkanes) is 1. The number of guanidine groups is 1. The van der Waals surface area contributed by atoms with Gasteiger partial charge >= 0.3 is 0 Å². The van der Waals surface area contributed by atoms with Crippen molar-refractivity contribution in [2.24, 2.45) is 4.99 Å². The summed E-state index contributed by atoms with van der Waals surface area (Å²) < 4.78 is 5.74. The molecule has 1 unspecified atom stereocenters. The van der Waals surface area contributed by atoms with E-state index in [1.165, 1.54) is 4.90 Å². The number of hydrogen-bond donors (Lipinski definition) is 2. The van der Waals surface area contributed by atoms with Crippen LogP contribution in [0.3, 0.4) is 0 Å². The van der Waals surface area contributed by atoms with Gasteiger partial charge in [-0.05, 0) is 38.0 Å². The molecular weight excluding hydrogens is 392 g/mol. The third-order valence-electron chi connectivity index (χ3n) is 5.55. The molecule has 0 aliphatic carbocycles. The topological polar surface area (TPSA) is 83.0 Å². The number of carbonyl (C=O) groups excluding carboxylic acids is 2. The third kappa shape index (κ3) is 4.55. The molecule has 31 heavy (non-hydrogen) atoms. The molecule has 162 valence electrons. The maximum absolute atomic E-state index is 12.4. The number of nitrogens with zero attached hydrogens (tertiary/aromatic N) is 2. The van der Waals surface area contributed by atoms with E-state index in [1.54, 1.807) is 24.3 Å². The van der Waals surface area contributed by atoms with Crippen LogP contribution in [0, 0.1) is 0 Å². The highest BCUT2D eigenvalue weighted by Gasteiger charge is 2.34. The van der Waals surface area contributed by atoms with E-state index in [0.29, 0.717) is 37.2 Å². The molecule has 1 atom stereocenters. The molecule has 7 nitrogen and oxygen atoms in total. The van der Waals surface area contributed by atoms with Crippen molar-refractivity contribution in [3.05, 3.63) is 65.2 Å². The number of para-hydroxylation sites is 1. The summed E-state index contributed by atoms with van der Waals surface area (Å²) in [5.41, 5.74) is 2.15. The molecular formula is C24H28N4O3. The molecule has 0 bridgehead atoms. The highest BCUT2D eigenvalue weighted by atomic mass is 16.5. The Balaban J connectivity index is 1.29. The Morgan fingerprint density at radius 3 is 2.52 bits per heavy atom. The van der Waals surface area contributed by atoms with E-state index in [0.717, 1.165) is 36.7 Å². The summed E-state index contributed by atoms with van der Waals surface area (Å²) in [6, 6.07) is 15.2. The maximum Gasteiger partial charge on any atom is 0.261 e. The smallest absolute Gasteiger partial charge is 0.261 e. The van der Waals surface area contributed by atoms with Gasteiger partial charge in [-0.25, -0.2) is 0 Å². The van der Waals surface area contributed by atoms with Crippen molar-refractivity contribution >= 4 is 17.8 Å². The summed E-state index contributed by atoms with van der Waals surface area (Å²) >= 11 is 0. The van der Waals surface area contributed by atoms with E-state index in [9.17, 15) is 9.59 Å². The molecule has 0 saturated heterocycles. The molecule has 0 saturated carbocycles. The fraction of sp³-hybridized carbons (Fsp3) is 0.375. The quantitative estimate of drug-likeness (QED) is 0.311. The lowest BCUT2D eigenvalue weighted by atomic mass is 10.0. The van der Waals surface area contributed by atoms with Gasteiger partial charge in [-0.2, -0.15) is 0 Å². The molecule has 2 aliphatic heterocycles. The molecule has 2 heterocycles. The number of aliphatic imine (C=N–C) groups is 1. The van der Waals surface area contributed by atoms with E-state index in [1.807, 2.05) is 25.1 Å². The third-order valence-corrected chi connectivity index (χ3v) is 5.55. The van der Waals surface area contributed by atoms with Gasteiger partial charge in [0.15, 0.2) is 5.96 Å². The van der Waals surface area contributed by atoms with Gasteiger partial charge in [0.2, 0.25) is 0 Å². The lowest BCUT2D eigenvalue weighted by molar-refractivity contribution is 0.0652. The average molecular weight is 421 g/mol. The van der Waals surface area contributed by atoms with Gasteiger partial charge in [-0.1, -0.05) is 30.3 Å². The van der Waals surface area contributed by atoms with Crippen molar-refractivity contribution in [2.45, 2.75) is 32.2 Å². The number of nitrogens with one attached hydrogen (secondary N) is 2. The zero-order chi connectivity index (χ0) is 21.6. The summed E-state index contributed by atoms with van der Waals surface area (Å²) in [5, 5.41) is 6.81. The highest BCUT2D eigenvalue weighted by molar-refractivity contribution is 6.21. The lowest BCUT2D eigenvalue weighted by Gasteiger charge is -2.28. The van der Waals surface area contributed by atoms with E-state index in [4.69, 9.17) is 4.74 Å². The molecule has 2 aromatic rings. The molecule has 2 amide bonds. The number of hydrogen-bond acceptors (Lipinski definition) is 4. The molecule has 0 radical (unpaired) electrons. The monoisotopic (exact) mass is 420 g/mol. The van der Waals surface area contributed by atoms with Crippen LogP contribution in [0.4, 0.5) is 0 Å². The zero-order valence-electron chi connectivity index (χ0n) is 17.8. The summed E-state index contributed by atoms with van der Waals surface area (Å²) in [6.07, 6.45) is 2.38. The summed E-state index contributed by atoms with van der Waals surface area (Å²) in [7, 11) is 0. The number of carbonyl (C=O) groups is 2. The fourth-order valence-corrected chi connectivity index (χ4v) is 3.99. The number of ether oxygens (including phenoxy) is 1. The van der Waals surface area contributed by atoms with Crippen LogP contribution in [-0.4, -0.2) is 48.9 Å². The van der Waals surface area contributed by atoms with Crippen LogP contribution in [0.2, 0.25) is 0 Å². The van der Waals surface area contributed by atoms with Gasteiger partial charge < -0.3 is 15.4 Å². The van der Waals surface area contributed by atoms with Crippen molar-refractivity contribution in [1.82, 2.24) is 15.5 Å². The second-order valence-electron chi connectivity index (χ2n) is 7.65. The van der Waals surface area contributed by atoms with Gasteiger partial charge in [0.1, 0.15) is 5.75 Å².